The average Bonchev–Trinajstić information content (AvgIpc) is 2.44. The van der Waals surface area contributed by atoms with Crippen molar-refractivity contribution in [2.24, 2.45) is 0 Å². The zero-order valence-corrected chi connectivity index (χ0v) is 5.44. The summed E-state index contributed by atoms with van der Waals surface area (Å²) in [5.74, 6) is 0. The van der Waals surface area contributed by atoms with Crippen LogP contribution in [0.4, 0.5) is 0 Å². The fourth-order valence-electron chi connectivity index (χ4n) is 0.493. The zero-order chi connectivity index (χ0) is 6.20. The molecular weight excluding hydrogens is 128 g/mol. The van der Waals surface area contributed by atoms with Crippen molar-refractivity contribution in [3.63, 3.8) is 0 Å². The summed E-state index contributed by atoms with van der Waals surface area (Å²) in [5, 5.41) is -0.188. The van der Waals surface area contributed by atoms with E-state index in [0.717, 1.165) is 12.8 Å². The van der Waals surface area contributed by atoms with E-state index in [1.807, 2.05) is 0 Å². The van der Waals surface area contributed by atoms with Crippen LogP contribution in [-0.4, -0.2) is 20.8 Å². The van der Waals surface area contributed by atoms with E-state index in [0.29, 0.717) is 0 Å². The molecule has 4 heteroatoms. The highest BCUT2D eigenvalue weighted by Gasteiger charge is 2.35. The lowest BCUT2D eigenvalue weighted by Gasteiger charge is -1.93. The topological polar surface area (TPSA) is 43.4 Å². The van der Waals surface area contributed by atoms with E-state index in [9.17, 15) is 8.42 Å². The SMILES string of the molecule is COS(=O)(=O)C1CC1. The highest BCUT2D eigenvalue weighted by Crippen LogP contribution is 2.28. The maximum absolute atomic E-state index is 10.5. The zero-order valence-electron chi connectivity index (χ0n) is 4.62. The van der Waals surface area contributed by atoms with Gasteiger partial charge in [0.1, 0.15) is 0 Å². The summed E-state index contributed by atoms with van der Waals surface area (Å²) in [6, 6.07) is 0. The second-order valence-electron chi connectivity index (χ2n) is 1.86. The van der Waals surface area contributed by atoms with Crippen LogP contribution in [0.2, 0.25) is 0 Å². The van der Waals surface area contributed by atoms with E-state index in [-0.39, 0.29) is 5.25 Å². The Balaban J connectivity index is 2.65. The fraction of sp³-hybridized carbons (Fsp3) is 1.00. The van der Waals surface area contributed by atoms with Gasteiger partial charge in [0.15, 0.2) is 0 Å². The van der Waals surface area contributed by atoms with E-state index in [2.05, 4.69) is 4.18 Å². The lowest BCUT2D eigenvalue weighted by Crippen LogP contribution is -2.07. The van der Waals surface area contributed by atoms with Gasteiger partial charge in [-0.05, 0) is 12.8 Å². The molecule has 0 heterocycles. The summed E-state index contributed by atoms with van der Waals surface area (Å²) in [6.07, 6.45) is 1.55. The molecule has 0 spiro atoms. The third-order valence-corrected chi connectivity index (χ3v) is 2.92. The Kier molecular flexibility index (Phi) is 1.28. The summed E-state index contributed by atoms with van der Waals surface area (Å²) in [7, 11) is -1.92. The molecule has 0 aliphatic heterocycles. The molecule has 0 saturated heterocycles. The average molecular weight is 136 g/mol. The molecule has 1 aliphatic carbocycles. The van der Waals surface area contributed by atoms with E-state index in [4.69, 9.17) is 0 Å². The van der Waals surface area contributed by atoms with Crippen molar-refractivity contribution in [3.05, 3.63) is 0 Å². The molecule has 0 amide bonds. The Morgan fingerprint density at radius 1 is 1.50 bits per heavy atom. The van der Waals surface area contributed by atoms with Gasteiger partial charge in [-0.2, -0.15) is 8.42 Å². The van der Waals surface area contributed by atoms with Crippen molar-refractivity contribution in [3.8, 4) is 0 Å². The smallest absolute Gasteiger partial charge is 0.269 e. The molecule has 48 valence electrons. The first kappa shape index (κ1) is 6.04. The van der Waals surface area contributed by atoms with Crippen LogP contribution in [0.1, 0.15) is 12.8 Å². The van der Waals surface area contributed by atoms with Crippen LogP contribution in [-0.2, 0) is 14.3 Å². The molecule has 1 fully saturated rings. The predicted molar refractivity (Wildman–Crippen MR) is 29.0 cm³/mol. The molecule has 3 nitrogen and oxygen atoms in total. The monoisotopic (exact) mass is 136 g/mol. The van der Waals surface area contributed by atoms with Crippen LogP contribution in [0.5, 0.6) is 0 Å². The van der Waals surface area contributed by atoms with E-state index < -0.39 is 10.1 Å². The second kappa shape index (κ2) is 1.70. The van der Waals surface area contributed by atoms with Gasteiger partial charge >= 0.3 is 0 Å². The Morgan fingerprint density at radius 2 is 2.00 bits per heavy atom. The van der Waals surface area contributed by atoms with Crippen LogP contribution in [0.15, 0.2) is 0 Å². The van der Waals surface area contributed by atoms with E-state index in [1.54, 1.807) is 0 Å². The van der Waals surface area contributed by atoms with Gasteiger partial charge in [0.05, 0.1) is 12.4 Å². The van der Waals surface area contributed by atoms with Crippen molar-refractivity contribution in [1.82, 2.24) is 0 Å². The third kappa shape index (κ3) is 1.00. The lowest BCUT2D eigenvalue weighted by atomic mass is 11.0. The van der Waals surface area contributed by atoms with Crippen LogP contribution < -0.4 is 0 Å². The van der Waals surface area contributed by atoms with Crippen LogP contribution >= 0.6 is 0 Å². The van der Waals surface area contributed by atoms with Gasteiger partial charge in [-0.3, -0.25) is 4.18 Å². The summed E-state index contributed by atoms with van der Waals surface area (Å²) in [6.45, 7) is 0. The highest BCUT2D eigenvalue weighted by molar-refractivity contribution is 7.87. The minimum absolute atomic E-state index is 0.188. The first-order valence-electron chi connectivity index (χ1n) is 2.46. The molecule has 1 saturated carbocycles. The maximum Gasteiger partial charge on any atom is 0.269 e. The lowest BCUT2D eigenvalue weighted by molar-refractivity contribution is 0.396. The van der Waals surface area contributed by atoms with Crippen molar-refractivity contribution >= 4 is 10.1 Å². The molecule has 0 radical (unpaired) electrons. The molecule has 1 aliphatic rings. The summed E-state index contributed by atoms with van der Waals surface area (Å²) in [4.78, 5) is 0. The van der Waals surface area contributed by atoms with Gasteiger partial charge in [0.25, 0.3) is 10.1 Å². The summed E-state index contributed by atoms with van der Waals surface area (Å²) < 4.78 is 25.3. The minimum Gasteiger partial charge on any atom is -0.273 e. The van der Waals surface area contributed by atoms with Gasteiger partial charge in [-0.15, -0.1) is 0 Å². The van der Waals surface area contributed by atoms with Crippen molar-refractivity contribution in [2.75, 3.05) is 7.11 Å². The summed E-state index contributed by atoms with van der Waals surface area (Å²) >= 11 is 0. The standard InChI is InChI=1S/C4H8O3S/c1-7-8(5,6)4-2-3-4/h4H,2-3H2,1H3. The highest BCUT2D eigenvalue weighted by atomic mass is 32.2. The molecule has 0 aromatic rings. The van der Waals surface area contributed by atoms with Crippen LogP contribution in [0, 0.1) is 0 Å². The van der Waals surface area contributed by atoms with Crippen LogP contribution in [0.25, 0.3) is 0 Å². The summed E-state index contributed by atoms with van der Waals surface area (Å²) in [5.41, 5.74) is 0. The second-order valence-corrected chi connectivity index (χ2v) is 3.84. The van der Waals surface area contributed by atoms with Crippen molar-refractivity contribution in [1.29, 1.82) is 0 Å². The molecule has 0 unspecified atom stereocenters. The maximum atomic E-state index is 10.5. The van der Waals surface area contributed by atoms with E-state index >= 15 is 0 Å². The Bertz CT molecular complexity index is 166. The molecule has 0 bridgehead atoms. The Morgan fingerprint density at radius 3 is 2.12 bits per heavy atom. The van der Waals surface area contributed by atoms with Gasteiger partial charge in [-0.25, -0.2) is 0 Å². The first-order valence-corrected chi connectivity index (χ1v) is 3.93. The first-order chi connectivity index (χ1) is 3.67. The molecular formula is C4H8O3S. The molecule has 0 aromatic heterocycles. The quantitative estimate of drug-likeness (QED) is 0.506. The molecule has 1 rings (SSSR count). The van der Waals surface area contributed by atoms with Crippen LogP contribution in [0.3, 0.4) is 0 Å². The van der Waals surface area contributed by atoms with Gasteiger partial charge < -0.3 is 0 Å². The number of hydrogen-bond donors (Lipinski definition) is 0. The fourth-order valence-corrected chi connectivity index (χ4v) is 1.48. The number of rotatable bonds is 2. The largest absolute Gasteiger partial charge is 0.273 e. The van der Waals surface area contributed by atoms with Crippen molar-refractivity contribution in [2.45, 2.75) is 18.1 Å². The molecule has 0 atom stereocenters. The Hall–Kier alpha value is -0.0900. The van der Waals surface area contributed by atoms with Crippen molar-refractivity contribution < 1.29 is 12.6 Å². The normalized spacial score (nSPS) is 21.1. The molecule has 0 aromatic carbocycles. The van der Waals surface area contributed by atoms with Gasteiger partial charge in [-0.1, -0.05) is 0 Å². The van der Waals surface area contributed by atoms with E-state index in [1.165, 1.54) is 7.11 Å². The molecule has 8 heavy (non-hydrogen) atoms. The van der Waals surface area contributed by atoms with Gasteiger partial charge in [0, 0.05) is 0 Å². The Labute approximate surface area is 48.8 Å². The molecule has 0 N–H and O–H groups in total. The third-order valence-electron chi connectivity index (χ3n) is 1.16. The predicted octanol–water partition coefficient (Wildman–Crippen LogP) is 0.125. The van der Waals surface area contributed by atoms with Gasteiger partial charge in [0.2, 0.25) is 0 Å². The minimum atomic E-state index is -3.12. The number of hydrogen-bond acceptors (Lipinski definition) is 3.